The van der Waals surface area contributed by atoms with Crippen molar-refractivity contribution in [2.24, 2.45) is 5.92 Å². The molecule has 15 heavy (non-hydrogen) atoms. The van der Waals surface area contributed by atoms with Gasteiger partial charge in [0.2, 0.25) is 0 Å². The summed E-state index contributed by atoms with van der Waals surface area (Å²) in [5.74, 6) is -0.341. The quantitative estimate of drug-likeness (QED) is 0.668. The Hall–Kier alpha value is -1.06. The van der Waals surface area contributed by atoms with Crippen molar-refractivity contribution in [3.8, 4) is 0 Å². The summed E-state index contributed by atoms with van der Waals surface area (Å²) in [4.78, 5) is 22.2. The van der Waals surface area contributed by atoms with Crippen LogP contribution in [-0.2, 0) is 19.1 Å². The molecule has 4 heteroatoms. The van der Waals surface area contributed by atoms with Gasteiger partial charge in [-0.3, -0.25) is 9.59 Å². The predicted molar refractivity (Wildman–Crippen MR) is 54.1 cm³/mol. The van der Waals surface area contributed by atoms with Crippen LogP contribution in [0.4, 0.5) is 0 Å². The van der Waals surface area contributed by atoms with Crippen LogP contribution in [0.5, 0.6) is 0 Å². The Morgan fingerprint density at radius 1 is 1.53 bits per heavy atom. The van der Waals surface area contributed by atoms with Gasteiger partial charge in [0.1, 0.15) is 6.10 Å². The van der Waals surface area contributed by atoms with Gasteiger partial charge in [-0.2, -0.15) is 0 Å². The van der Waals surface area contributed by atoms with Crippen LogP contribution in [0, 0.1) is 5.92 Å². The number of ether oxygens (including phenoxy) is 2. The molecule has 0 aromatic carbocycles. The Kier molecular flexibility index (Phi) is 4.12. The first-order chi connectivity index (χ1) is 6.99. The molecular weight excluding hydrogens is 196 g/mol. The molecule has 2 atom stereocenters. The minimum atomic E-state index is -0.222. The Bertz CT molecular complexity index is 247. The van der Waals surface area contributed by atoms with E-state index in [1.54, 1.807) is 0 Å². The minimum Gasteiger partial charge on any atom is -0.463 e. The SMILES string of the molecule is CC(C)OC(=O)C[C@H](C)[C@H]1CCC(=O)O1. The van der Waals surface area contributed by atoms with Gasteiger partial charge in [0.05, 0.1) is 12.5 Å². The zero-order chi connectivity index (χ0) is 11.4. The second-order valence-electron chi connectivity index (χ2n) is 4.29. The lowest BCUT2D eigenvalue weighted by atomic mass is 9.99. The van der Waals surface area contributed by atoms with Crippen molar-refractivity contribution < 1.29 is 19.1 Å². The van der Waals surface area contributed by atoms with Gasteiger partial charge in [0.25, 0.3) is 0 Å². The summed E-state index contributed by atoms with van der Waals surface area (Å²) in [5.41, 5.74) is 0. The van der Waals surface area contributed by atoms with Crippen LogP contribution < -0.4 is 0 Å². The van der Waals surface area contributed by atoms with Gasteiger partial charge in [-0.05, 0) is 20.3 Å². The Morgan fingerprint density at radius 3 is 2.67 bits per heavy atom. The highest BCUT2D eigenvalue weighted by atomic mass is 16.6. The van der Waals surface area contributed by atoms with Crippen molar-refractivity contribution in [3.05, 3.63) is 0 Å². The first kappa shape index (κ1) is 12.0. The number of hydrogen-bond acceptors (Lipinski definition) is 4. The third-order valence-corrected chi connectivity index (χ3v) is 2.41. The summed E-state index contributed by atoms with van der Waals surface area (Å²) in [6.45, 7) is 5.54. The molecule has 0 aromatic rings. The lowest BCUT2D eigenvalue weighted by Crippen LogP contribution is -2.23. The van der Waals surface area contributed by atoms with E-state index in [1.165, 1.54) is 0 Å². The zero-order valence-corrected chi connectivity index (χ0v) is 9.49. The molecule has 0 aliphatic carbocycles. The standard InChI is InChI=1S/C11H18O4/c1-7(2)14-11(13)6-8(3)9-4-5-10(12)15-9/h7-9H,4-6H2,1-3H3/t8-,9+/m0/s1. The fraction of sp³-hybridized carbons (Fsp3) is 0.818. The number of esters is 2. The average Bonchev–Trinajstić information content (AvgIpc) is 2.49. The number of carbonyl (C=O) groups is 2. The minimum absolute atomic E-state index is 0.0442. The van der Waals surface area contributed by atoms with Gasteiger partial charge in [0, 0.05) is 12.3 Å². The molecule has 0 N–H and O–H groups in total. The van der Waals surface area contributed by atoms with E-state index >= 15 is 0 Å². The normalized spacial score (nSPS) is 22.7. The van der Waals surface area contributed by atoms with Gasteiger partial charge in [0.15, 0.2) is 0 Å². The van der Waals surface area contributed by atoms with Crippen LogP contribution in [-0.4, -0.2) is 24.1 Å². The van der Waals surface area contributed by atoms with E-state index in [0.717, 1.165) is 6.42 Å². The number of cyclic esters (lactones) is 1. The van der Waals surface area contributed by atoms with E-state index in [4.69, 9.17) is 9.47 Å². The summed E-state index contributed by atoms with van der Waals surface area (Å²) in [7, 11) is 0. The second-order valence-corrected chi connectivity index (χ2v) is 4.29. The molecule has 0 aromatic heterocycles. The lowest BCUT2D eigenvalue weighted by molar-refractivity contribution is -0.152. The van der Waals surface area contributed by atoms with E-state index in [1.807, 2.05) is 20.8 Å². The molecule has 1 fully saturated rings. The second kappa shape index (κ2) is 5.14. The molecule has 0 saturated carbocycles. The third kappa shape index (κ3) is 3.90. The van der Waals surface area contributed by atoms with Crippen molar-refractivity contribution in [2.45, 2.75) is 52.2 Å². The van der Waals surface area contributed by atoms with Gasteiger partial charge >= 0.3 is 11.9 Å². The van der Waals surface area contributed by atoms with Crippen molar-refractivity contribution in [3.63, 3.8) is 0 Å². The van der Waals surface area contributed by atoms with E-state index < -0.39 is 0 Å². The Morgan fingerprint density at radius 2 is 2.20 bits per heavy atom. The van der Waals surface area contributed by atoms with Crippen LogP contribution in [0.15, 0.2) is 0 Å². The summed E-state index contributed by atoms with van der Waals surface area (Å²) in [5, 5.41) is 0. The Labute approximate surface area is 89.9 Å². The molecule has 1 aliphatic heterocycles. The molecule has 0 unspecified atom stereocenters. The fourth-order valence-corrected chi connectivity index (χ4v) is 1.65. The third-order valence-electron chi connectivity index (χ3n) is 2.41. The van der Waals surface area contributed by atoms with Crippen LogP contribution in [0.3, 0.4) is 0 Å². The molecule has 4 nitrogen and oxygen atoms in total. The van der Waals surface area contributed by atoms with Crippen molar-refractivity contribution in [2.75, 3.05) is 0 Å². The highest BCUT2D eigenvalue weighted by Crippen LogP contribution is 2.23. The average molecular weight is 214 g/mol. The molecule has 0 spiro atoms. The molecular formula is C11H18O4. The zero-order valence-electron chi connectivity index (χ0n) is 9.49. The first-order valence-corrected chi connectivity index (χ1v) is 5.38. The van der Waals surface area contributed by atoms with Crippen LogP contribution in [0.2, 0.25) is 0 Å². The van der Waals surface area contributed by atoms with E-state index in [-0.39, 0.29) is 30.1 Å². The van der Waals surface area contributed by atoms with Gasteiger partial charge in [-0.1, -0.05) is 6.92 Å². The maximum Gasteiger partial charge on any atom is 0.306 e. The maximum absolute atomic E-state index is 11.3. The van der Waals surface area contributed by atoms with Gasteiger partial charge in [-0.15, -0.1) is 0 Å². The maximum atomic E-state index is 11.3. The van der Waals surface area contributed by atoms with E-state index in [2.05, 4.69) is 0 Å². The van der Waals surface area contributed by atoms with E-state index in [0.29, 0.717) is 12.8 Å². The lowest BCUT2D eigenvalue weighted by Gasteiger charge is -2.17. The van der Waals surface area contributed by atoms with Crippen LogP contribution in [0.1, 0.15) is 40.0 Å². The number of carbonyl (C=O) groups excluding carboxylic acids is 2. The molecule has 0 amide bonds. The van der Waals surface area contributed by atoms with Gasteiger partial charge in [-0.25, -0.2) is 0 Å². The first-order valence-electron chi connectivity index (χ1n) is 5.38. The summed E-state index contributed by atoms with van der Waals surface area (Å²) >= 11 is 0. The van der Waals surface area contributed by atoms with Crippen molar-refractivity contribution >= 4 is 11.9 Å². The largest absolute Gasteiger partial charge is 0.463 e. The molecule has 1 heterocycles. The van der Waals surface area contributed by atoms with Crippen molar-refractivity contribution in [1.82, 2.24) is 0 Å². The monoisotopic (exact) mass is 214 g/mol. The fourth-order valence-electron chi connectivity index (χ4n) is 1.65. The number of rotatable bonds is 4. The van der Waals surface area contributed by atoms with Crippen LogP contribution in [0.25, 0.3) is 0 Å². The number of hydrogen-bond donors (Lipinski definition) is 0. The molecule has 86 valence electrons. The smallest absolute Gasteiger partial charge is 0.306 e. The molecule has 1 rings (SSSR count). The molecule has 0 bridgehead atoms. The van der Waals surface area contributed by atoms with Crippen LogP contribution >= 0.6 is 0 Å². The highest BCUT2D eigenvalue weighted by molar-refractivity contribution is 5.72. The van der Waals surface area contributed by atoms with Crippen molar-refractivity contribution in [1.29, 1.82) is 0 Å². The summed E-state index contributed by atoms with van der Waals surface area (Å²) in [6.07, 6.45) is 1.30. The van der Waals surface area contributed by atoms with E-state index in [9.17, 15) is 9.59 Å². The molecule has 0 radical (unpaired) electrons. The Balaban J connectivity index is 2.32. The predicted octanol–water partition coefficient (Wildman–Crippen LogP) is 1.67. The molecule has 1 saturated heterocycles. The summed E-state index contributed by atoms with van der Waals surface area (Å²) < 4.78 is 10.1. The topological polar surface area (TPSA) is 52.6 Å². The summed E-state index contributed by atoms with van der Waals surface area (Å²) in [6, 6.07) is 0. The van der Waals surface area contributed by atoms with Gasteiger partial charge < -0.3 is 9.47 Å². The molecule has 1 aliphatic rings. The highest BCUT2D eigenvalue weighted by Gasteiger charge is 2.30.